The van der Waals surface area contributed by atoms with E-state index in [2.05, 4.69) is 10.6 Å². The van der Waals surface area contributed by atoms with Gasteiger partial charge in [0, 0.05) is 18.4 Å². The summed E-state index contributed by atoms with van der Waals surface area (Å²) in [5.41, 5.74) is 1.50. The first-order chi connectivity index (χ1) is 11.6. The maximum absolute atomic E-state index is 12.5. The van der Waals surface area contributed by atoms with Crippen LogP contribution in [0.1, 0.15) is 25.5 Å². The molecule has 130 valence electrons. The number of methoxy groups -OCH3 is 1. The van der Waals surface area contributed by atoms with E-state index < -0.39 is 12.0 Å². The van der Waals surface area contributed by atoms with Crippen molar-refractivity contribution in [1.29, 1.82) is 0 Å². The topological polar surface area (TPSA) is 85.9 Å². The minimum atomic E-state index is -0.642. The number of amides is 2. The first kappa shape index (κ1) is 17.8. The molecule has 2 rings (SSSR count). The molecule has 0 fully saturated rings. The Morgan fingerprint density at radius 1 is 1.25 bits per heavy atom. The van der Waals surface area contributed by atoms with Crippen LogP contribution < -0.4 is 15.4 Å². The lowest BCUT2D eigenvalue weighted by Gasteiger charge is -2.29. The number of carbonyl (C=O) groups is 2. The quantitative estimate of drug-likeness (QED) is 0.587. The normalized spacial score (nSPS) is 17.1. The van der Waals surface area contributed by atoms with Crippen molar-refractivity contribution in [2.45, 2.75) is 19.9 Å². The minimum absolute atomic E-state index is 0.139. The van der Waals surface area contributed by atoms with Gasteiger partial charge in [-0.2, -0.15) is 0 Å². The van der Waals surface area contributed by atoms with Crippen LogP contribution >= 0.6 is 0 Å². The number of urea groups is 1. The van der Waals surface area contributed by atoms with Crippen molar-refractivity contribution in [3.63, 3.8) is 0 Å². The minimum Gasteiger partial charge on any atom is -0.494 e. The fourth-order valence-electron chi connectivity index (χ4n) is 2.50. The Morgan fingerprint density at radius 3 is 2.71 bits per heavy atom. The fraction of sp³-hybridized carbons (Fsp3) is 0.412. The molecule has 0 saturated carbocycles. The van der Waals surface area contributed by atoms with Gasteiger partial charge in [-0.3, -0.25) is 0 Å². The maximum atomic E-state index is 12.5. The molecule has 1 atom stereocenters. The zero-order valence-corrected chi connectivity index (χ0v) is 14.0. The summed E-state index contributed by atoms with van der Waals surface area (Å²) in [6.07, 6.45) is 0. The predicted octanol–water partition coefficient (Wildman–Crippen LogP) is 1.90. The number of esters is 1. The Morgan fingerprint density at radius 2 is 2.00 bits per heavy atom. The first-order valence-electron chi connectivity index (χ1n) is 7.74. The molecule has 2 N–H and O–H groups in total. The van der Waals surface area contributed by atoms with E-state index in [0.29, 0.717) is 35.8 Å². The van der Waals surface area contributed by atoms with Crippen molar-refractivity contribution in [1.82, 2.24) is 10.6 Å². The molecule has 7 nitrogen and oxygen atoms in total. The molecule has 1 aliphatic heterocycles. The summed E-state index contributed by atoms with van der Waals surface area (Å²) in [6.45, 7) is 4.46. The third kappa shape index (κ3) is 4.05. The van der Waals surface area contributed by atoms with Crippen molar-refractivity contribution in [3.8, 4) is 5.75 Å². The summed E-state index contributed by atoms with van der Waals surface area (Å²) in [7, 11) is 1.53. The molecule has 2 amide bonds. The fourth-order valence-corrected chi connectivity index (χ4v) is 2.50. The number of nitrogens with one attached hydrogen (secondary N) is 2. The molecule has 24 heavy (non-hydrogen) atoms. The van der Waals surface area contributed by atoms with E-state index in [1.54, 1.807) is 13.0 Å². The molecular formula is C17H22N2O5. The second-order valence-corrected chi connectivity index (χ2v) is 5.17. The van der Waals surface area contributed by atoms with Gasteiger partial charge < -0.3 is 24.8 Å². The third-order valence-electron chi connectivity index (χ3n) is 3.54. The van der Waals surface area contributed by atoms with Crippen LogP contribution in [0.3, 0.4) is 0 Å². The van der Waals surface area contributed by atoms with Crippen molar-refractivity contribution in [2.75, 3.05) is 26.9 Å². The Kier molecular flexibility index (Phi) is 6.20. The number of ether oxygens (including phenoxy) is 3. The molecule has 1 aromatic carbocycles. The van der Waals surface area contributed by atoms with E-state index in [4.69, 9.17) is 14.2 Å². The second-order valence-electron chi connectivity index (χ2n) is 5.17. The lowest BCUT2D eigenvalue weighted by Crippen LogP contribution is -2.45. The van der Waals surface area contributed by atoms with Crippen molar-refractivity contribution in [3.05, 3.63) is 41.1 Å². The van der Waals surface area contributed by atoms with Gasteiger partial charge in [-0.05, 0) is 19.9 Å². The predicted molar refractivity (Wildman–Crippen MR) is 87.6 cm³/mol. The second kappa shape index (κ2) is 8.35. The average Bonchev–Trinajstić information content (AvgIpc) is 2.55. The highest BCUT2D eigenvalue weighted by Gasteiger charge is 2.33. The van der Waals surface area contributed by atoms with Crippen molar-refractivity contribution < 1.29 is 23.8 Å². The molecule has 1 aromatic rings. The highest BCUT2D eigenvalue weighted by molar-refractivity contribution is 5.95. The summed E-state index contributed by atoms with van der Waals surface area (Å²) in [5.74, 6) is 0.107. The third-order valence-corrected chi connectivity index (χ3v) is 3.54. The highest BCUT2D eigenvalue weighted by Crippen LogP contribution is 2.33. The van der Waals surface area contributed by atoms with Gasteiger partial charge in [0.1, 0.15) is 12.4 Å². The van der Waals surface area contributed by atoms with E-state index in [9.17, 15) is 9.59 Å². The molecule has 0 aromatic heterocycles. The van der Waals surface area contributed by atoms with Gasteiger partial charge in [-0.1, -0.05) is 18.2 Å². The molecule has 0 aliphatic carbocycles. The highest BCUT2D eigenvalue weighted by atomic mass is 16.6. The number of allylic oxidation sites excluding steroid dienone is 1. The van der Waals surface area contributed by atoms with E-state index in [1.165, 1.54) is 7.11 Å². The number of benzene rings is 1. The Balaban J connectivity index is 2.36. The maximum Gasteiger partial charge on any atom is 0.338 e. The van der Waals surface area contributed by atoms with Crippen LogP contribution in [-0.4, -0.2) is 38.9 Å². The van der Waals surface area contributed by atoms with Crippen LogP contribution in [-0.2, 0) is 14.3 Å². The van der Waals surface area contributed by atoms with Crippen molar-refractivity contribution in [2.24, 2.45) is 0 Å². The smallest absolute Gasteiger partial charge is 0.338 e. The van der Waals surface area contributed by atoms with E-state index in [-0.39, 0.29) is 12.6 Å². The molecule has 0 radical (unpaired) electrons. The number of carbonyl (C=O) groups excluding carboxylic acids is 2. The molecule has 1 aliphatic rings. The molecule has 0 bridgehead atoms. The van der Waals surface area contributed by atoms with Gasteiger partial charge in [0.05, 0.1) is 24.8 Å². The Labute approximate surface area is 141 Å². The van der Waals surface area contributed by atoms with Gasteiger partial charge in [0.2, 0.25) is 0 Å². The SMILES string of the molecule is CCOc1ccccc1[C@H]1NC(=O)NC(C)=C1C(=O)OCCOC. The van der Waals surface area contributed by atoms with E-state index in [0.717, 1.165) is 0 Å². The number of hydrogen-bond acceptors (Lipinski definition) is 5. The molecule has 0 saturated heterocycles. The Bertz CT molecular complexity index is 642. The van der Waals surface area contributed by atoms with Crippen LogP contribution in [0.2, 0.25) is 0 Å². The van der Waals surface area contributed by atoms with Crippen LogP contribution in [0.15, 0.2) is 35.5 Å². The van der Waals surface area contributed by atoms with Gasteiger partial charge in [0.15, 0.2) is 0 Å². The molecule has 1 heterocycles. The number of para-hydroxylation sites is 1. The summed E-state index contributed by atoms with van der Waals surface area (Å²) in [4.78, 5) is 24.4. The number of hydrogen-bond donors (Lipinski definition) is 2. The van der Waals surface area contributed by atoms with Crippen LogP contribution in [0, 0.1) is 0 Å². The first-order valence-corrected chi connectivity index (χ1v) is 7.74. The van der Waals surface area contributed by atoms with Gasteiger partial charge >= 0.3 is 12.0 Å². The van der Waals surface area contributed by atoms with Gasteiger partial charge in [-0.25, -0.2) is 9.59 Å². The molecule has 7 heteroatoms. The van der Waals surface area contributed by atoms with E-state index in [1.807, 2.05) is 25.1 Å². The largest absolute Gasteiger partial charge is 0.494 e. The molecular weight excluding hydrogens is 312 g/mol. The zero-order chi connectivity index (χ0) is 17.5. The van der Waals surface area contributed by atoms with E-state index >= 15 is 0 Å². The standard InChI is InChI=1S/C17H22N2O5/c1-4-23-13-8-6-5-7-12(13)15-14(11(2)18-17(21)19-15)16(20)24-10-9-22-3/h5-8,15H,4,9-10H2,1-3H3,(H2,18,19,21)/t15-/m1/s1. The lowest BCUT2D eigenvalue weighted by atomic mass is 9.95. The van der Waals surface area contributed by atoms with Gasteiger partial charge in [0.25, 0.3) is 0 Å². The number of rotatable bonds is 7. The lowest BCUT2D eigenvalue weighted by molar-refractivity contribution is -0.140. The average molecular weight is 334 g/mol. The summed E-state index contributed by atoms with van der Waals surface area (Å²) in [5, 5.41) is 5.37. The van der Waals surface area contributed by atoms with Crippen LogP contribution in [0.25, 0.3) is 0 Å². The summed E-state index contributed by atoms with van der Waals surface area (Å²) in [6, 6.07) is 6.27. The monoisotopic (exact) mass is 334 g/mol. The van der Waals surface area contributed by atoms with Crippen LogP contribution in [0.5, 0.6) is 5.75 Å². The summed E-state index contributed by atoms with van der Waals surface area (Å²) < 4.78 is 15.7. The van der Waals surface area contributed by atoms with Crippen molar-refractivity contribution >= 4 is 12.0 Å². The summed E-state index contributed by atoms with van der Waals surface area (Å²) >= 11 is 0. The molecule has 0 spiro atoms. The zero-order valence-electron chi connectivity index (χ0n) is 14.0. The van der Waals surface area contributed by atoms with Crippen LogP contribution in [0.4, 0.5) is 4.79 Å². The molecule has 0 unspecified atom stereocenters. The van der Waals surface area contributed by atoms with Gasteiger partial charge in [-0.15, -0.1) is 0 Å². The Hall–Kier alpha value is -2.54.